The predicted molar refractivity (Wildman–Crippen MR) is 45.6 cm³/mol. The molecule has 1 fully saturated rings. The third-order valence-corrected chi connectivity index (χ3v) is 2.15. The Hall–Kier alpha value is -0.465. The molecule has 1 aliphatic rings. The van der Waals surface area contributed by atoms with Crippen molar-refractivity contribution in [3.05, 3.63) is 0 Å². The van der Waals surface area contributed by atoms with Crippen LogP contribution >= 0.6 is 0 Å². The van der Waals surface area contributed by atoms with Gasteiger partial charge in [0.1, 0.15) is 0 Å². The minimum Gasteiger partial charge on any atom is -0.343 e. The van der Waals surface area contributed by atoms with Crippen molar-refractivity contribution in [1.82, 2.24) is 4.90 Å². The molecule has 1 rings (SSSR count). The Morgan fingerprint density at radius 2 is 2.45 bits per heavy atom. The lowest BCUT2D eigenvalue weighted by Gasteiger charge is -2.20. The molecule has 1 heterocycles. The van der Waals surface area contributed by atoms with Crippen molar-refractivity contribution in [2.45, 2.75) is 32.0 Å². The number of nitrogens with zero attached hydrogens (tertiary/aromatic N) is 1. The molecule has 1 unspecified atom stereocenters. The summed E-state index contributed by atoms with van der Waals surface area (Å²) in [5, 5.41) is 0. The van der Waals surface area contributed by atoms with Crippen molar-refractivity contribution in [1.29, 1.82) is 0 Å². The summed E-state index contributed by atoms with van der Waals surface area (Å²) in [5.41, 5.74) is 0. The first-order valence-corrected chi connectivity index (χ1v) is 4.27. The maximum atomic E-state index is 11.3. The summed E-state index contributed by atoms with van der Waals surface area (Å²) in [4.78, 5) is 13.1. The van der Waals surface area contributed by atoms with Gasteiger partial charge in [-0.1, -0.05) is 12.2 Å². The van der Waals surface area contributed by atoms with Crippen LogP contribution in [-0.4, -0.2) is 31.7 Å². The van der Waals surface area contributed by atoms with Crippen LogP contribution in [0.1, 0.15) is 26.2 Å². The van der Waals surface area contributed by atoms with Crippen LogP contribution < -0.4 is 0 Å². The molecule has 2 nitrogen and oxygen atoms in total. The van der Waals surface area contributed by atoms with Crippen molar-refractivity contribution in [3.63, 3.8) is 0 Å². The molecule has 0 aromatic carbocycles. The van der Waals surface area contributed by atoms with Gasteiger partial charge < -0.3 is 4.90 Å². The smallest absolute Gasteiger partial charge is 0.222 e. The number of amides is 1. The van der Waals surface area contributed by atoms with Crippen molar-refractivity contribution in [2.75, 3.05) is 13.1 Å². The first-order valence-electron chi connectivity index (χ1n) is 4.27. The van der Waals surface area contributed by atoms with Gasteiger partial charge in [0.05, 0.1) is 7.85 Å². The van der Waals surface area contributed by atoms with Crippen LogP contribution in [0.25, 0.3) is 0 Å². The molecule has 0 saturated carbocycles. The van der Waals surface area contributed by atoms with Crippen molar-refractivity contribution < 1.29 is 4.79 Å². The van der Waals surface area contributed by atoms with Gasteiger partial charge in [-0.2, -0.15) is 0 Å². The first-order chi connectivity index (χ1) is 5.24. The molecule has 0 bridgehead atoms. The second-order valence-corrected chi connectivity index (χ2v) is 3.08. The lowest BCUT2D eigenvalue weighted by Crippen LogP contribution is -2.31. The highest BCUT2D eigenvalue weighted by atomic mass is 16.2. The summed E-state index contributed by atoms with van der Waals surface area (Å²) in [6.07, 6.45) is 2.63. The molecule has 0 aliphatic carbocycles. The topological polar surface area (TPSA) is 20.3 Å². The van der Waals surface area contributed by atoms with Crippen LogP contribution in [-0.2, 0) is 4.79 Å². The number of carbonyl (C=O) groups is 1. The van der Waals surface area contributed by atoms with Crippen LogP contribution in [0, 0.1) is 0 Å². The molecule has 1 amide bonds. The normalized spacial score (nSPS) is 26.8. The lowest BCUT2D eigenvalue weighted by atomic mass is 9.84. The molecule has 1 aliphatic heterocycles. The highest BCUT2D eigenvalue weighted by Crippen LogP contribution is 2.18. The summed E-state index contributed by atoms with van der Waals surface area (Å²) in [6, 6.07) is 0. The Morgan fingerprint density at radius 3 is 3.09 bits per heavy atom. The molecule has 0 aromatic heterocycles. The van der Waals surface area contributed by atoms with E-state index in [0.717, 1.165) is 25.9 Å². The van der Waals surface area contributed by atoms with E-state index in [1.54, 1.807) is 0 Å². The number of hydrogen-bond acceptors (Lipinski definition) is 1. The number of likely N-dealkylation sites (tertiary alicyclic amines) is 1. The van der Waals surface area contributed by atoms with E-state index in [2.05, 4.69) is 0 Å². The zero-order valence-corrected chi connectivity index (χ0v) is 7.05. The van der Waals surface area contributed by atoms with Crippen LogP contribution in [0.4, 0.5) is 0 Å². The summed E-state index contributed by atoms with van der Waals surface area (Å²) in [7, 11) is 5.77. The van der Waals surface area contributed by atoms with Crippen LogP contribution in [0.3, 0.4) is 0 Å². The molecule has 0 spiro atoms. The minimum atomic E-state index is 0.196. The predicted octanol–water partition coefficient (Wildman–Crippen LogP) is 0.976. The van der Waals surface area contributed by atoms with Gasteiger partial charge in [0, 0.05) is 19.5 Å². The fraction of sp³-hybridized carbons (Fsp3) is 0.875. The van der Waals surface area contributed by atoms with Crippen molar-refractivity contribution in [3.8, 4) is 0 Å². The first kappa shape index (κ1) is 8.63. The maximum Gasteiger partial charge on any atom is 0.222 e. The Bertz CT molecular complexity index is 149. The Labute approximate surface area is 69.4 Å². The van der Waals surface area contributed by atoms with E-state index in [1.807, 2.05) is 11.8 Å². The van der Waals surface area contributed by atoms with E-state index in [4.69, 9.17) is 7.85 Å². The second-order valence-electron chi connectivity index (χ2n) is 3.08. The molecule has 0 aromatic rings. The van der Waals surface area contributed by atoms with Crippen LogP contribution in [0.2, 0.25) is 5.82 Å². The molecule has 0 N–H and O–H groups in total. The molecule has 2 radical (unpaired) electrons. The van der Waals surface area contributed by atoms with Crippen molar-refractivity contribution >= 4 is 13.8 Å². The number of hydrogen-bond donors (Lipinski definition) is 0. The Morgan fingerprint density at radius 1 is 1.73 bits per heavy atom. The fourth-order valence-corrected chi connectivity index (χ4v) is 1.46. The van der Waals surface area contributed by atoms with Gasteiger partial charge >= 0.3 is 0 Å². The quantitative estimate of drug-likeness (QED) is 0.511. The van der Waals surface area contributed by atoms with Gasteiger partial charge in [0.15, 0.2) is 0 Å². The highest BCUT2D eigenvalue weighted by molar-refractivity contribution is 6.12. The zero-order valence-electron chi connectivity index (χ0n) is 7.05. The van der Waals surface area contributed by atoms with Gasteiger partial charge in [-0.3, -0.25) is 4.79 Å². The largest absolute Gasteiger partial charge is 0.343 e. The number of carbonyl (C=O) groups excluding carboxylic acids is 1. The summed E-state index contributed by atoms with van der Waals surface area (Å²) >= 11 is 0. The van der Waals surface area contributed by atoms with E-state index < -0.39 is 0 Å². The fourth-order valence-electron chi connectivity index (χ4n) is 1.46. The zero-order chi connectivity index (χ0) is 8.27. The van der Waals surface area contributed by atoms with Gasteiger partial charge in [-0.25, -0.2) is 0 Å². The summed E-state index contributed by atoms with van der Waals surface area (Å²) in [5.74, 6) is 0.460. The monoisotopic (exact) mass is 151 g/mol. The second kappa shape index (κ2) is 3.79. The molecule has 3 heteroatoms. The average molecular weight is 151 g/mol. The summed E-state index contributed by atoms with van der Waals surface area (Å²) in [6.45, 7) is 3.54. The van der Waals surface area contributed by atoms with Gasteiger partial charge in [-0.05, 0) is 13.3 Å². The standard InChI is InChI=1S/C8H14BNO/c1-2-10-6-7(9)4-3-5-8(10)11/h7H,2-6H2,1H3. The molecule has 1 saturated heterocycles. The third-order valence-electron chi connectivity index (χ3n) is 2.15. The van der Waals surface area contributed by atoms with E-state index in [9.17, 15) is 4.79 Å². The lowest BCUT2D eigenvalue weighted by molar-refractivity contribution is -0.130. The van der Waals surface area contributed by atoms with E-state index >= 15 is 0 Å². The van der Waals surface area contributed by atoms with Crippen LogP contribution in [0.5, 0.6) is 0 Å². The minimum absolute atomic E-state index is 0.196. The van der Waals surface area contributed by atoms with Crippen LogP contribution in [0.15, 0.2) is 0 Å². The molecule has 1 atom stereocenters. The third kappa shape index (κ3) is 2.24. The van der Waals surface area contributed by atoms with Gasteiger partial charge in [0.25, 0.3) is 0 Å². The summed E-state index contributed by atoms with van der Waals surface area (Å²) < 4.78 is 0. The molecule has 60 valence electrons. The van der Waals surface area contributed by atoms with Crippen molar-refractivity contribution in [2.24, 2.45) is 0 Å². The molecule has 11 heavy (non-hydrogen) atoms. The highest BCUT2D eigenvalue weighted by Gasteiger charge is 2.18. The van der Waals surface area contributed by atoms with Gasteiger partial charge in [-0.15, -0.1) is 0 Å². The van der Waals surface area contributed by atoms with E-state index in [1.165, 1.54) is 0 Å². The Kier molecular flexibility index (Phi) is 2.97. The van der Waals surface area contributed by atoms with Gasteiger partial charge in [0.2, 0.25) is 5.91 Å². The Balaban J connectivity index is 2.52. The SMILES string of the molecule is [B]C1CCCC(=O)N(CC)C1. The molecular weight excluding hydrogens is 137 g/mol. The number of rotatable bonds is 1. The van der Waals surface area contributed by atoms with E-state index in [0.29, 0.717) is 6.42 Å². The van der Waals surface area contributed by atoms with E-state index in [-0.39, 0.29) is 11.7 Å². The average Bonchev–Trinajstić information content (AvgIpc) is 2.13. The molecular formula is C8H14BNO. The maximum absolute atomic E-state index is 11.3.